The molecule has 0 aliphatic carbocycles. The van der Waals surface area contributed by atoms with E-state index in [4.69, 9.17) is 0 Å². The van der Waals surface area contributed by atoms with Crippen LogP contribution in [-0.2, 0) is 6.54 Å². The topological polar surface area (TPSA) is 19.4 Å². The van der Waals surface area contributed by atoms with E-state index in [0.29, 0.717) is 5.92 Å². The maximum atomic E-state index is 4.67. The normalized spacial score (nSPS) is 22.2. The lowest BCUT2D eigenvalue weighted by Gasteiger charge is -2.32. The highest BCUT2D eigenvalue weighted by atomic mass is 32.1. The lowest BCUT2D eigenvalue weighted by molar-refractivity contribution is 0.201. The molecule has 3 nitrogen and oxygen atoms in total. The molecule has 2 aliphatic heterocycles. The molecule has 4 heteroatoms. The predicted molar refractivity (Wildman–Crippen MR) is 102 cm³/mol. The number of thiazole rings is 1. The van der Waals surface area contributed by atoms with E-state index in [-0.39, 0.29) is 0 Å². The van der Waals surface area contributed by atoms with Gasteiger partial charge in [0, 0.05) is 37.3 Å². The highest BCUT2D eigenvalue weighted by Gasteiger charge is 2.22. The Hall–Kier alpha value is -1.39. The van der Waals surface area contributed by atoms with Gasteiger partial charge in [0.15, 0.2) is 5.13 Å². The van der Waals surface area contributed by atoms with E-state index >= 15 is 0 Å². The van der Waals surface area contributed by atoms with Gasteiger partial charge in [-0.05, 0) is 50.6 Å². The zero-order valence-corrected chi connectivity index (χ0v) is 15.4. The third-order valence-corrected chi connectivity index (χ3v) is 6.36. The molecule has 1 atom stereocenters. The molecule has 0 amide bonds. The van der Waals surface area contributed by atoms with Crippen LogP contribution in [0.2, 0.25) is 0 Å². The van der Waals surface area contributed by atoms with Gasteiger partial charge < -0.3 is 4.90 Å². The summed E-state index contributed by atoms with van der Waals surface area (Å²) >= 11 is 1.90. The van der Waals surface area contributed by atoms with E-state index in [0.717, 1.165) is 6.54 Å². The number of aryl methyl sites for hydroxylation is 1. The number of nitrogens with zero attached hydrogens (tertiary/aromatic N) is 3. The maximum Gasteiger partial charge on any atom is 0.185 e. The van der Waals surface area contributed by atoms with Crippen molar-refractivity contribution in [3.05, 3.63) is 46.5 Å². The second kappa shape index (κ2) is 7.24. The Morgan fingerprint density at radius 1 is 1.17 bits per heavy atom. The first-order valence-electron chi connectivity index (χ1n) is 9.26. The van der Waals surface area contributed by atoms with Crippen LogP contribution in [-0.4, -0.2) is 36.1 Å². The van der Waals surface area contributed by atoms with Crippen LogP contribution >= 0.6 is 11.3 Å². The van der Waals surface area contributed by atoms with E-state index in [9.17, 15) is 0 Å². The summed E-state index contributed by atoms with van der Waals surface area (Å²) in [6.07, 6.45) is 7.37. The van der Waals surface area contributed by atoms with Crippen LogP contribution in [0.4, 0.5) is 5.13 Å². The van der Waals surface area contributed by atoms with Crippen LogP contribution in [0.3, 0.4) is 0 Å². The van der Waals surface area contributed by atoms with Crippen molar-refractivity contribution < 1.29 is 0 Å². The third kappa shape index (κ3) is 3.65. The summed E-state index contributed by atoms with van der Waals surface area (Å²) < 4.78 is 0. The highest BCUT2D eigenvalue weighted by Crippen LogP contribution is 2.31. The van der Waals surface area contributed by atoms with Crippen LogP contribution < -0.4 is 4.90 Å². The molecule has 0 N–H and O–H groups in total. The molecule has 0 bridgehead atoms. The first kappa shape index (κ1) is 16.1. The first-order chi connectivity index (χ1) is 11.8. The molecular weight excluding hydrogens is 314 g/mol. The van der Waals surface area contributed by atoms with Crippen molar-refractivity contribution in [3.8, 4) is 0 Å². The van der Waals surface area contributed by atoms with Gasteiger partial charge in [-0.3, -0.25) is 4.90 Å². The Morgan fingerprint density at radius 3 is 2.88 bits per heavy atom. The molecule has 1 aromatic carbocycles. The molecule has 128 valence electrons. The van der Waals surface area contributed by atoms with Gasteiger partial charge >= 0.3 is 0 Å². The number of benzene rings is 1. The zero-order valence-electron chi connectivity index (χ0n) is 14.6. The van der Waals surface area contributed by atoms with Crippen molar-refractivity contribution in [1.29, 1.82) is 0 Å². The lowest BCUT2D eigenvalue weighted by atomic mass is 9.90. The van der Waals surface area contributed by atoms with Crippen molar-refractivity contribution in [1.82, 2.24) is 9.88 Å². The van der Waals surface area contributed by atoms with Gasteiger partial charge in [-0.25, -0.2) is 4.98 Å². The number of hydrogen-bond donors (Lipinski definition) is 0. The van der Waals surface area contributed by atoms with Crippen LogP contribution in [0.5, 0.6) is 0 Å². The number of likely N-dealkylation sites (tertiary alicyclic amines) is 1. The Labute approximate surface area is 149 Å². The number of hydrogen-bond acceptors (Lipinski definition) is 4. The summed E-state index contributed by atoms with van der Waals surface area (Å²) in [4.78, 5) is 11.2. The van der Waals surface area contributed by atoms with E-state index in [1.54, 1.807) is 0 Å². The number of aromatic nitrogens is 1. The van der Waals surface area contributed by atoms with Crippen LogP contribution in [0.25, 0.3) is 0 Å². The van der Waals surface area contributed by atoms with E-state index < -0.39 is 0 Å². The van der Waals surface area contributed by atoms with E-state index in [2.05, 4.69) is 52.2 Å². The monoisotopic (exact) mass is 341 g/mol. The Balaban J connectivity index is 1.39. The van der Waals surface area contributed by atoms with Gasteiger partial charge in [0.1, 0.15) is 0 Å². The minimum atomic E-state index is 0.685. The fourth-order valence-corrected chi connectivity index (χ4v) is 5.04. The fourth-order valence-electron chi connectivity index (χ4n) is 4.04. The van der Waals surface area contributed by atoms with Gasteiger partial charge in [-0.15, -0.1) is 11.3 Å². The summed E-state index contributed by atoms with van der Waals surface area (Å²) in [5.74, 6) is 0.685. The smallest absolute Gasteiger partial charge is 0.185 e. The first-order valence-corrected chi connectivity index (χ1v) is 10.1. The van der Waals surface area contributed by atoms with Crippen molar-refractivity contribution in [2.45, 2.75) is 45.1 Å². The summed E-state index contributed by atoms with van der Waals surface area (Å²) in [6.45, 7) is 8.03. The molecule has 0 spiro atoms. The number of anilines is 1. The highest BCUT2D eigenvalue weighted by molar-refractivity contribution is 7.15. The van der Waals surface area contributed by atoms with Gasteiger partial charge in [-0.2, -0.15) is 0 Å². The third-order valence-electron chi connectivity index (χ3n) is 5.32. The average molecular weight is 342 g/mol. The molecule has 2 aliphatic rings. The molecule has 2 saturated heterocycles. The summed E-state index contributed by atoms with van der Waals surface area (Å²) in [7, 11) is 0. The Kier molecular flexibility index (Phi) is 4.86. The van der Waals surface area contributed by atoms with Crippen LogP contribution in [0, 0.1) is 6.92 Å². The lowest BCUT2D eigenvalue weighted by Crippen LogP contribution is -2.33. The van der Waals surface area contributed by atoms with Crippen molar-refractivity contribution in [2.75, 3.05) is 31.1 Å². The Morgan fingerprint density at radius 2 is 2.04 bits per heavy atom. The van der Waals surface area contributed by atoms with E-state index in [1.807, 2.05) is 11.3 Å². The van der Waals surface area contributed by atoms with Gasteiger partial charge in [0.05, 0.1) is 0 Å². The molecule has 1 unspecified atom stereocenters. The van der Waals surface area contributed by atoms with Gasteiger partial charge in [0.25, 0.3) is 0 Å². The number of rotatable bonds is 4. The quantitative estimate of drug-likeness (QED) is 0.820. The minimum absolute atomic E-state index is 0.685. The molecular formula is C20H27N3S. The average Bonchev–Trinajstić information content (AvgIpc) is 3.26. The van der Waals surface area contributed by atoms with Crippen molar-refractivity contribution in [2.24, 2.45) is 0 Å². The largest absolute Gasteiger partial charge is 0.348 e. The molecule has 4 rings (SSSR count). The molecule has 3 heterocycles. The van der Waals surface area contributed by atoms with E-state index in [1.165, 1.54) is 73.0 Å². The number of piperidine rings is 1. The summed E-state index contributed by atoms with van der Waals surface area (Å²) in [5.41, 5.74) is 2.89. The Bertz CT molecular complexity index is 675. The molecule has 24 heavy (non-hydrogen) atoms. The summed E-state index contributed by atoms with van der Waals surface area (Å²) in [5, 5.41) is 1.23. The second-order valence-corrected chi connectivity index (χ2v) is 8.39. The second-order valence-electron chi connectivity index (χ2n) is 7.29. The zero-order chi connectivity index (χ0) is 16.4. The predicted octanol–water partition coefficient (Wildman–Crippen LogP) is 4.43. The fraction of sp³-hybridized carbons (Fsp3) is 0.550. The molecule has 2 aromatic rings. The van der Waals surface area contributed by atoms with Crippen LogP contribution in [0.15, 0.2) is 30.5 Å². The van der Waals surface area contributed by atoms with Crippen molar-refractivity contribution in [3.63, 3.8) is 0 Å². The summed E-state index contributed by atoms with van der Waals surface area (Å²) in [6, 6.07) is 9.07. The molecule has 0 saturated carbocycles. The van der Waals surface area contributed by atoms with Gasteiger partial charge in [-0.1, -0.05) is 29.8 Å². The minimum Gasteiger partial charge on any atom is -0.348 e. The maximum absolute atomic E-state index is 4.67. The SMILES string of the molecule is Cc1cccc(C2CCCN(Cc3cnc(N4CCCC4)s3)C2)c1. The van der Waals surface area contributed by atoms with Gasteiger partial charge in [0.2, 0.25) is 0 Å². The molecule has 2 fully saturated rings. The van der Waals surface area contributed by atoms with Crippen molar-refractivity contribution >= 4 is 16.5 Å². The standard InChI is InChI=1S/C20H27N3S/c1-16-6-4-7-17(12-16)18-8-5-9-22(14-18)15-19-13-21-20(24-19)23-10-2-3-11-23/h4,6-7,12-13,18H,2-3,5,8-11,14-15H2,1H3. The molecule has 0 radical (unpaired) electrons. The molecule has 1 aromatic heterocycles. The van der Waals surface area contributed by atoms with Crippen LogP contribution in [0.1, 0.15) is 47.6 Å².